The fraction of sp³-hybridized carbons (Fsp3) is 0.250. The van der Waals surface area contributed by atoms with E-state index in [1.54, 1.807) is 0 Å². The number of halogens is 1. The zero-order valence-electron chi connectivity index (χ0n) is 5.00. The summed E-state index contributed by atoms with van der Waals surface area (Å²) in [6, 6.07) is 0. The van der Waals surface area contributed by atoms with Crippen molar-refractivity contribution in [3.05, 3.63) is 9.47 Å². The maximum absolute atomic E-state index is 10.7. The van der Waals surface area contributed by atoms with Crippen LogP contribution in [0.25, 0.3) is 0 Å². The summed E-state index contributed by atoms with van der Waals surface area (Å²) in [5.74, 6) is -0.510. The van der Waals surface area contributed by atoms with Crippen LogP contribution in [0.2, 0.25) is 4.47 Å². The van der Waals surface area contributed by atoms with Gasteiger partial charge in [0.05, 0.1) is 7.11 Å². The van der Waals surface area contributed by atoms with Gasteiger partial charge in [-0.2, -0.15) is 0 Å². The van der Waals surface area contributed by atoms with Crippen molar-refractivity contribution >= 4 is 28.9 Å². The Hall–Kier alpha value is -0.680. The average Bonchev–Trinajstić information content (AvgIpc) is 2.34. The summed E-state index contributed by atoms with van der Waals surface area (Å²) in [4.78, 5) is 10.7. The molecule has 0 bridgehead atoms. The molecule has 0 atom stereocenters. The number of carbonyl (C=O) groups is 1. The molecule has 0 spiro atoms. The summed E-state index contributed by atoms with van der Waals surface area (Å²) < 4.78 is 4.60. The van der Waals surface area contributed by atoms with Gasteiger partial charge < -0.3 is 4.74 Å². The molecule has 6 heteroatoms. The van der Waals surface area contributed by atoms with Crippen LogP contribution in [0.5, 0.6) is 0 Å². The normalized spacial score (nSPS) is 9.40. The third-order valence-corrected chi connectivity index (χ3v) is 1.76. The maximum atomic E-state index is 10.7. The van der Waals surface area contributed by atoms with Gasteiger partial charge in [-0.3, -0.25) is 0 Å². The number of esters is 1. The van der Waals surface area contributed by atoms with Crippen LogP contribution in [-0.2, 0) is 4.74 Å². The van der Waals surface area contributed by atoms with Gasteiger partial charge in [0.1, 0.15) is 0 Å². The van der Waals surface area contributed by atoms with Gasteiger partial charge in [-0.1, -0.05) is 11.3 Å². The first-order valence-electron chi connectivity index (χ1n) is 2.31. The van der Waals surface area contributed by atoms with Gasteiger partial charge in [0.15, 0.2) is 0 Å². The van der Waals surface area contributed by atoms with E-state index in [0.717, 1.165) is 11.3 Å². The first kappa shape index (κ1) is 7.43. The Morgan fingerprint density at radius 1 is 1.70 bits per heavy atom. The van der Waals surface area contributed by atoms with Gasteiger partial charge in [-0.05, 0) is 11.6 Å². The Morgan fingerprint density at radius 3 is 2.80 bits per heavy atom. The molecular weight excluding hydrogens is 176 g/mol. The Bertz CT molecular complexity index is 249. The molecule has 4 nitrogen and oxygen atoms in total. The summed E-state index contributed by atoms with van der Waals surface area (Å²) in [5.41, 5.74) is 0. The Balaban J connectivity index is 2.85. The molecule has 10 heavy (non-hydrogen) atoms. The number of hydrogen-bond donors (Lipinski definition) is 0. The zero-order valence-corrected chi connectivity index (χ0v) is 6.57. The van der Waals surface area contributed by atoms with E-state index in [4.69, 9.17) is 11.6 Å². The van der Waals surface area contributed by atoms with Gasteiger partial charge in [-0.25, -0.2) is 4.79 Å². The van der Waals surface area contributed by atoms with Crippen LogP contribution >= 0.6 is 22.9 Å². The van der Waals surface area contributed by atoms with Crippen LogP contribution in [0.4, 0.5) is 0 Å². The van der Waals surface area contributed by atoms with Crippen molar-refractivity contribution in [1.82, 2.24) is 10.2 Å². The molecule has 0 saturated carbocycles. The minimum atomic E-state index is -0.510. The van der Waals surface area contributed by atoms with E-state index in [2.05, 4.69) is 14.9 Å². The van der Waals surface area contributed by atoms with Gasteiger partial charge in [0, 0.05) is 0 Å². The van der Waals surface area contributed by atoms with Crippen molar-refractivity contribution in [2.24, 2.45) is 0 Å². The minimum absolute atomic E-state index is 0.174. The third kappa shape index (κ3) is 1.43. The average molecular weight is 179 g/mol. The van der Waals surface area contributed by atoms with Gasteiger partial charge >= 0.3 is 5.97 Å². The van der Waals surface area contributed by atoms with Crippen LogP contribution in [0.3, 0.4) is 0 Å². The van der Waals surface area contributed by atoms with Crippen molar-refractivity contribution in [3.8, 4) is 0 Å². The largest absolute Gasteiger partial charge is 0.464 e. The van der Waals surface area contributed by atoms with E-state index in [1.165, 1.54) is 7.11 Å². The Labute approximate surface area is 65.8 Å². The summed E-state index contributed by atoms with van der Waals surface area (Å²) in [7, 11) is 1.28. The summed E-state index contributed by atoms with van der Waals surface area (Å²) in [6.45, 7) is 0. The molecule has 0 fully saturated rings. The highest BCUT2D eigenvalue weighted by Gasteiger charge is 2.10. The first-order valence-corrected chi connectivity index (χ1v) is 3.51. The molecule has 0 amide bonds. The molecule has 0 radical (unpaired) electrons. The number of ether oxygens (including phenoxy) is 1. The second kappa shape index (κ2) is 2.94. The molecule has 0 N–H and O–H groups in total. The monoisotopic (exact) mass is 178 g/mol. The molecule has 0 aliphatic carbocycles. The van der Waals surface area contributed by atoms with Gasteiger partial charge in [0.25, 0.3) is 0 Å². The smallest absolute Gasteiger partial charge is 0.369 e. The van der Waals surface area contributed by atoms with Crippen LogP contribution in [-0.4, -0.2) is 23.3 Å². The highest BCUT2D eigenvalue weighted by Crippen LogP contribution is 2.14. The second-order valence-electron chi connectivity index (χ2n) is 1.35. The summed E-state index contributed by atoms with van der Waals surface area (Å²) in [6.07, 6.45) is 0. The lowest BCUT2D eigenvalue weighted by atomic mass is 10.7. The van der Waals surface area contributed by atoms with Crippen molar-refractivity contribution in [1.29, 1.82) is 0 Å². The molecule has 0 aromatic carbocycles. The molecule has 1 rings (SSSR count). The fourth-order valence-electron chi connectivity index (χ4n) is 0.375. The van der Waals surface area contributed by atoms with E-state index < -0.39 is 5.97 Å². The molecular formula is C4H3ClN2O2S. The number of nitrogens with zero attached hydrogens (tertiary/aromatic N) is 2. The van der Waals surface area contributed by atoms with Crippen molar-refractivity contribution in [2.75, 3.05) is 7.11 Å². The van der Waals surface area contributed by atoms with Crippen molar-refractivity contribution < 1.29 is 9.53 Å². The van der Waals surface area contributed by atoms with Crippen LogP contribution < -0.4 is 0 Å². The molecule has 0 aliphatic rings. The Morgan fingerprint density at radius 2 is 2.40 bits per heavy atom. The lowest BCUT2D eigenvalue weighted by molar-refractivity contribution is 0.0599. The molecule has 1 aromatic heterocycles. The van der Waals surface area contributed by atoms with Gasteiger partial charge in [-0.15, -0.1) is 10.2 Å². The highest BCUT2D eigenvalue weighted by molar-refractivity contribution is 7.17. The molecule has 54 valence electrons. The molecule has 1 aromatic rings. The number of methoxy groups -OCH3 is 1. The van der Waals surface area contributed by atoms with E-state index >= 15 is 0 Å². The topological polar surface area (TPSA) is 52.1 Å². The SMILES string of the molecule is COC(=O)c1nnc(Cl)s1. The number of hydrogen-bond acceptors (Lipinski definition) is 5. The van der Waals surface area contributed by atoms with Crippen LogP contribution in [0.15, 0.2) is 0 Å². The lowest BCUT2D eigenvalue weighted by Crippen LogP contribution is -1.99. The van der Waals surface area contributed by atoms with E-state index in [1.807, 2.05) is 0 Å². The van der Waals surface area contributed by atoms with E-state index in [-0.39, 0.29) is 9.47 Å². The number of aromatic nitrogens is 2. The van der Waals surface area contributed by atoms with Crippen molar-refractivity contribution in [3.63, 3.8) is 0 Å². The van der Waals surface area contributed by atoms with E-state index in [9.17, 15) is 4.79 Å². The first-order chi connectivity index (χ1) is 4.74. The van der Waals surface area contributed by atoms with E-state index in [0.29, 0.717) is 0 Å². The van der Waals surface area contributed by atoms with Crippen LogP contribution in [0.1, 0.15) is 9.80 Å². The lowest BCUT2D eigenvalue weighted by Gasteiger charge is -1.87. The molecule has 1 heterocycles. The van der Waals surface area contributed by atoms with Crippen LogP contribution in [0, 0.1) is 0 Å². The Kier molecular flexibility index (Phi) is 2.18. The minimum Gasteiger partial charge on any atom is -0.464 e. The van der Waals surface area contributed by atoms with Gasteiger partial charge in [0.2, 0.25) is 9.47 Å². The van der Waals surface area contributed by atoms with Crippen molar-refractivity contribution in [2.45, 2.75) is 0 Å². The third-order valence-electron chi connectivity index (χ3n) is 0.760. The predicted octanol–water partition coefficient (Wildman–Crippen LogP) is 0.978. The predicted molar refractivity (Wildman–Crippen MR) is 36.3 cm³/mol. The summed E-state index contributed by atoms with van der Waals surface area (Å²) >= 11 is 6.39. The highest BCUT2D eigenvalue weighted by atomic mass is 35.5. The zero-order chi connectivity index (χ0) is 7.56. The number of carbonyl (C=O) groups excluding carboxylic acids is 1. The number of rotatable bonds is 1. The quantitative estimate of drug-likeness (QED) is 0.602. The second-order valence-corrected chi connectivity index (χ2v) is 2.91. The standard InChI is InChI=1S/C4H3ClN2O2S/c1-9-3(8)2-6-7-4(5)10-2/h1H3. The fourth-order valence-corrected chi connectivity index (χ4v) is 1.12. The summed E-state index contributed by atoms with van der Waals surface area (Å²) in [5, 5.41) is 7.04. The molecule has 0 saturated heterocycles. The molecule has 0 unspecified atom stereocenters. The maximum Gasteiger partial charge on any atom is 0.369 e. The molecule has 0 aliphatic heterocycles.